The summed E-state index contributed by atoms with van der Waals surface area (Å²) in [6.45, 7) is 4.25. The maximum absolute atomic E-state index is 5.90. The first-order valence-corrected chi connectivity index (χ1v) is 7.47. The van der Waals surface area contributed by atoms with Gasteiger partial charge in [-0.3, -0.25) is 0 Å². The highest BCUT2D eigenvalue weighted by atomic mass is 16.5. The molecule has 2 rings (SSSR count). The second-order valence-corrected chi connectivity index (χ2v) is 5.33. The molecule has 1 fully saturated rings. The highest BCUT2D eigenvalue weighted by Crippen LogP contribution is 2.28. The van der Waals surface area contributed by atoms with Gasteiger partial charge in [0.15, 0.2) is 0 Å². The second kappa shape index (κ2) is 7.51. The fourth-order valence-corrected chi connectivity index (χ4v) is 2.88. The normalized spacial score (nSPS) is 23.3. The van der Waals surface area contributed by atoms with Crippen molar-refractivity contribution in [3.63, 3.8) is 0 Å². The van der Waals surface area contributed by atoms with Gasteiger partial charge in [0, 0.05) is 23.9 Å². The van der Waals surface area contributed by atoms with Crippen LogP contribution in [0, 0.1) is 5.92 Å². The van der Waals surface area contributed by atoms with Gasteiger partial charge in [0.25, 0.3) is 0 Å². The van der Waals surface area contributed by atoms with Crippen molar-refractivity contribution in [3.05, 3.63) is 29.8 Å². The third-order valence-corrected chi connectivity index (χ3v) is 4.03. The smallest absolute Gasteiger partial charge is 0.0736 e. The average molecular weight is 262 g/mol. The molecule has 0 bridgehead atoms. The van der Waals surface area contributed by atoms with Crippen LogP contribution in [-0.2, 0) is 11.3 Å². The molecule has 1 saturated carbocycles. The minimum absolute atomic E-state index is 0.515. The Balaban J connectivity index is 2.04. The first-order chi connectivity index (χ1) is 9.35. The Labute approximate surface area is 116 Å². The SMILES string of the molecule is CCOCc1ccccc1NC1CCCCC1CN. The Morgan fingerprint density at radius 2 is 2.05 bits per heavy atom. The van der Waals surface area contributed by atoms with Gasteiger partial charge in [0.2, 0.25) is 0 Å². The summed E-state index contributed by atoms with van der Waals surface area (Å²) in [6, 6.07) is 8.95. The standard InChI is InChI=1S/C16H26N2O/c1-2-19-12-14-8-4-6-10-16(14)18-15-9-5-3-7-13(15)11-17/h4,6,8,10,13,15,18H,2-3,5,7,9,11-12,17H2,1H3. The molecular formula is C16H26N2O. The lowest BCUT2D eigenvalue weighted by Gasteiger charge is -2.32. The van der Waals surface area contributed by atoms with Gasteiger partial charge in [0.05, 0.1) is 6.61 Å². The molecule has 0 aromatic heterocycles. The minimum atomic E-state index is 0.515. The summed E-state index contributed by atoms with van der Waals surface area (Å²) in [7, 11) is 0. The number of anilines is 1. The average Bonchev–Trinajstić information content (AvgIpc) is 2.47. The Morgan fingerprint density at radius 1 is 1.26 bits per heavy atom. The minimum Gasteiger partial charge on any atom is -0.382 e. The zero-order valence-corrected chi connectivity index (χ0v) is 11.9. The first kappa shape index (κ1) is 14.4. The molecule has 2 atom stereocenters. The van der Waals surface area contributed by atoms with Crippen molar-refractivity contribution in [2.75, 3.05) is 18.5 Å². The number of nitrogens with one attached hydrogen (secondary N) is 1. The van der Waals surface area contributed by atoms with Crippen molar-refractivity contribution < 1.29 is 4.74 Å². The van der Waals surface area contributed by atoms with E-state index in [2.05, 4.69) is 29.6 Å². The van der Waals surface area contributed by atoms with Crippen molar-refractivity contribution in [3.8, 4) is 0 Å². The van der Waals surface area contributed by atoms with Gasteiger partial charge in [-0.25, -0.2) is 0 Å². The number of para-hydroxylation sites is 1. The summed E-state index contributed by atoms with van der Waals surface area (Å²) in [4.78, 5) is 0. The van der Waals surface area contributed by atoms with Gasteiger partial charge < -0.3 is 15.8 Å². The van der Waals surface area contributed by atoms with Gasteiger partial charge in [0.1, 0.15) is 0 Å². The van der Waals surface area contributed by atoms with Crippen molar-refractivity contribution >= 4 is 5.69 Å². The van der Waals surface area contributed by atoms with Gasteiger partial charge >= 0.3 is 0 Å². The largest absolute Gasteiger partial charge is 0.382 e. The maximum atomic E-state index is 5.90. The highest BCUT2D eigenvalue weighted by molar-refractivity contribution is 5.51. The molecule has 0 spiro atoms. The number of hydrogen-bond donors (Lipinski definition) is 2. The first-order valence-electron chi connectivity index (χ1n) is 7.47. The van der Waals surface area contributed by atoms with Crippen LogP contribution in [0.15, 0.2) is 24.3 Å². The summed E-state index contributed by atoms with van der Waals surface area (Å²) in [5, 5.41) is 3.70. The monoisotopic (exact) mass is 262 g/mol. The molecule has 19 heavy (non-hydrogen) atoms. The van der Waals surface area contributed by atoms with E-state index in [-0.39, 0.29) is 0 Å². The van der Waals surface area contributed by atoms with Crippen LogP contribution in [0.3, 0.4) is 0 Å². The van der Waals surface area contributed by atoms with Crippen LogP contribution in [0.4, 0.5) is 5.69 Å². The molecule has 0 amide bonds. The lowest BCUT2D eigenvalue weighted by atomic mass is 9.84. The van der Waals surface area contributed by atoms with Gasteiger partial charge in [-0.1, -0.05) is 31.0 Å². The molecule has 3 N–H and O–H groups in total. The van der Waals surface area contributed by atoms with E-state index in [1.807, 2.05) is 6.92 Å². The van der Waals surface area contributed by atoms with Crippen LogP contribution >= 0.6 is 0 Å². The summed E-state index contributed by atoms with van der Waals surface area (Å²) in [6.07, 6.45) is 5.11. The fraction of sp³-hybridized carbons (Fsp3) is 0.625. The van der Waals surface area contributed by atoms with Crippen LogP contribution in [-0.4, -0.2) is 19.2 Å². The van der Waals surface area contributed by atoms with E-state index in [9.17, 15) is 0 Å². The lowest BCUT2D eigenvalue weighted by molar-refractivity contribution is 0.134. The number of hydrogen-bond acceptors (Lipinski definition) is 3. The van der Waals surface area contributed by atoms with E-state index < -0.39 is 0 Å². The molecule has 1 aliphatic carbocycles. The zero-order valence-electron chi connectivity index (χ0n) is 11.9. The Hall–Kier alpha value is -1.06. The summed E-state index contributed by atoms with van der Waals surface area (Å²) in [5.41, 5.74) is 8.35. The quantitative estimate of drug-likeness (QED) is 0.828. The Morgan fingerprint density at radius 3 is 2.84 bits per heavy atom. The highest BCUT2D eigenvalue weighted by Gasteiger charge is 2.24. The van der Waals surface area contributed by atoms with Crippen LogP contribution in [0.5, 0.6) is 0 Å². The maximum Gasteiger partial charge on any atom is 0.0736 e. The van der Waals surface area contributed by atoms with Crippen molar-refractivity contribution in [1.82, 2.24) is 0 Å². The molecule has 0 aliphatic heterocycles. The van der Waals surface area contributed by atoms with Crippen molar-refractivity contribution in [2.45, 2.75) is 45.3 Å². The lowest BCUT2D eigenvalue weighted by Crippen LogP contribution is -2.36. The summed E-state index contributed by atoms with van der Waals surface area (Å²) in [5.74, 6) is 0.605. The van der Waals surface area contributed by atoms with Crippen molar-refractivity contribution in [1.29, 1.82) is 0 Å². The molecule has 0 heterocycles. The predicted molar refractivity (Wildman–Crippen MR) is 80.2 cm³/mol. The molecule has 3 nitrogen and oxygen atoms in total. The summed E-state index contributed by atoms with van der Waals surface area (Å²) < 4.78 is 5.54. The second-order valence-electron chi connectivity index (χ2n) is 5.33. The fourth-order valence-electron chi connectivity index (χ4n) is 2.88. The van der Waals surface area contributed by atoms with Crippen LogP contribution < -0.4 is 11.1 Å². The molecular weight excluding hydrogens is 236 g/mol. The van der Waals surface area contributed by atoms with E-state index in [1.165, 1.54) is 36.9 Å². The molecule has 106 valence electrons. The zero-order chi connectivity index (χ0) is 13.5. The van der Waals surface area contributed by atoms with Gasteiger partial charge in [-0.2, -0.15) is 0 Å². The molecule has 3 heteroatoms. The summed E-state index contributed by atoms with van der Waals surface area (Å²) >= 11 is 0. The molecule has 0 saturated heterocycles. The Kier molecular flexibility index (Phi) is 5.67. The van der Waals surface area contributed by atoms with Crippen LogP contribution in [0.1, 0.15) is 38.2 Å². The van der Waals surface area contributed by atoms with E-state index in [0.29, 0.717) is 18.6 Å². The number of ether oxygens (including phenoxy) is 1. The molecule has 2 unspecified atom stereocenters. The number of nitrogens with two attached hydrogens (primary N) is 1. The molecule has 0 radical (unpaired) electrons. The van der Waals surface area contributed by atoms with E-state index in [0.717, 1.165) is 13.2 Å². The Bertz CT molecular complexity index is 381. The van der Waals surface area contributed by atoms with Crippen LogP contribution in [0.2, 0.25) is 0 Å². The van der Waals surface area contributed by atoms with Crippen LogP contribution in [0.25, 0.3) is 0 Å². The van der Waals surface area contributed by atoms with E-state index >= 15 is 0 Å². The van der Waals surface area contributed by atoms with Gasteiger partial charge in [-0.15, -0.1) is 0 Å². The van der Waals surface area contributed by atoms with E-state index in [4.69, 9.17) is 10.5 Å². The third-order valence-electron chi connectivity index (χ3n) is 4.03. The topological polar surface area (TPSA) is 47.3 Å². The predicted octanol–water partition coefficient (Wildman–Crippen LogP) is 3.15. The van der Waals surface area contributed by atoms with Crippen molar-refractivity contribution in [2.24, 2.45) is 11.7 Å². The molecule has 1 aromatic rings. The van der Waals surface area contributed by atoms with Gasteiger partial charge in [-0.05, 0) is 38.3 Å². The third kappa shape index (κ3) is 3.95. The molecule has 1 aromatic carbocycles. The van der Waals surface area contributed by atoms with E-state index in [1.54, 1.807) is 0 Å². The number of rotatable bonds is 6. The number of benzene rings is 1. The molecule has 1 aliphatic rings.